The Morgan fingerprint density at radius 1 is 1.18 bits per heavy atom. The fourth-order valence-corrected chi connectivity index (χ4v) is 3.14. The van der Waals surface area contributed by atoms with Crippen molar-refractivity contribution in [2.45, 2.75) is 13.0 Å². The maximum absolute atomic E-state index is 13.0. The van der Waals surface area contributed by atoms with E-state index in [4.69, 9.17) is 4.74 Å². The molecule has 0 radical (unpaired) electrons. The van der Waals surface area contributed by atoms with Crippen LogP contribution in [0.25, 0.3) is 0 Å². The average molecular weight is 377 g/mol. The van der Waals surface area contributed by atoms with E-state index in [1.807, 2.05) is 24.3 Å². The maximum atomic E-state index is 13.0. The maximum Gasteiger partial charge on any atom is 0.328 e. The van der Waals surface area contributed by atoms with Crippen molar-refractivity contribution in [1.82, 2.24) is 19.4 Å². The molecule has 3 heterocycles. The molecule has 3 aromatic rings. The first-order valence-electron chi connectivity index (χ1n) is 8.85. The van der Waals surface area contributed by atoms with Crippen LogP contribution in [0.1, 0.15) is 11.3 Å². The Morgan fingerprint density at radius 2 is 2.00 bits per heavy atom. The van der Waals surface area contributed by atoms with Gasteiger partial charge in [-0.05, 0) is 23.8 Å². The summed E-state index contributed by atoms with van der Waals surface area (Å²) in [5.41, 5.74) is 1.83. The number of hydrogen-bond donors (Lipinski definition) is 1. The summed E-state index contributed by atoms with van der Waals surface area (Å²) in [7, 11) is 1.62. The summed E-state index contributed by atoms with van der Waals surface area (Å²) in [6.07, 6.45) is 5.13. The van der Waals surface area contributed by atoms with Gasteiger partial charge in [-0.3, -0.25) is 9.36 Å². The third-order valence-electron chi connectivity index (χ3n) is 4.62. The summed E-state index contributed by atoms with van der Waals surface area (Å²) in [4.78, 5) is 35.0. The van der Waals surface area contributed by atoms with Crippen molar-refractivity contribution in [2.75, 3.05) is 19.0 Å². The van der Waals surface area contributed by atoms with E-state index in [0.717, 1.165) is 11.3 Å². The fraction of sp³-hybridized carbons (Fsp3) is 0.200. The van der Waals surface area contributed by atoms with Gasteiger partial charge in [-0.2, -0.15) is 0 Å². The molecule has 1 N–H and O–H groups in total. The molecular formula is C20H19N5O3. The van der Waals surface area contributed by atoms with Gasteiger partial charge in [0, 0.05) is 43.7 Å². The number of hydrogen-bond acceptors (Lipinski definition) is 6. The molecule has 0 bridgehead atoms. The average Bonchev–Trinajstić information content (AvgIpc) is 2.72. The Kier molecular flexibility index (Phi) is 4.76. The SMILES string of the molecule is COc1ccc(CN2CCc3cc(=O)c(Nc4ccncn4)cn3C2=O)cc1. The standard InChI is InChI=1S/C20H19N5O3/c1-28-16-4-2-14(3-5-16)11-24-9-7-15-10-18(26)17(12-25(15)20(24)27)23-19-6-8-21-13-22-19/h2-6,8,10,12-13H,7,9,11H2,1H3,(H,21,22,23). The molecule has 8 nitrogen and oxygen atoms in total. The van der Waals surface area contributed by atoms with Crippen LogP contribution in [0.4, 0.5) is 16.3 Å². The number of benzene rings is 1. The van der Waals surface area contributed by atoms with Gasteiger partial charge in [0.05, 0.1) is 7.11 Å². The third-order valence-corrected chi connectivity index (χ3v) is 4.62. The van der Waals surface area contributed by atoms with Crippen molar-refractivity contribution in [2.24, 2.45) is 0 Å². The van der Waals surface area contributed by atoms with Crippen LogP contribution in [0.3, 0.4) is 0 Å². The van der Waals surface area contributed by atoms with E-state index >= 15 is 0 Å². The summed E-state index contributed by atoms with van der Waals surface area (Å²) >= 11 is 0. The zero-order valence-corrected chi connectivity index (χ0v) is 15.3. The van der Waals surface area contributed by atoms with E-state index in [1.54, 1.807) is 30.5 Å². The van der Waals surface area contributed by atoms with Gasteiger partial charge in [0.2, 0.25) is 5.43 Å². The lowest BCUT2D eigenvalue weighted by atomic mass is 10.1. The van der Waals surface area contributed by atoms with E-state index in [-0.39, 0.29) is 11.5 Å². The van der Waals surface area contributed by atoms with Crippen molar-refractivity contribution in [3.63, 3.8) is 0 Å². The van der Waals surface area contributed by atoms with Crippen LogP contribution in [-0.4, -0.2) is 39.1 Å². The Morgan fingerprint density at radius 3 is 2.71 bits per heavy atom. The Labute approximate surface area is 161 Å². The number of ether oxygens (including phenoxy) is 1. The first-order chi connectivity index (χ1) is 13.6. The summed E-state index contributed by atoms with van der Waals surface area (Å²) in [6.45, 7) is 1.05. The molecule has 0 unspecified atom stereocenters. The molecular weight excluding hydrogens is 358 g/mol. The number of nitrogens with zero attached hydrogens (tertiary/aromatic N) is 4. The van der Waals surface area contributed by atoms with Gasteiger partial charge >= 0.3 is 6.03 Å². The van der Waals surface area contributed by atoms with E-state index in [1.165, 1.54) is 17.0 Å². The number of anilines is 2. The third kappa shape index (κ3) is 3.57. The van der Waals surface area contributed by atoms with E-state index < -0.39 is 0 Å². The number of methoxy groups -OCH3 is 1. The molecule has 0 saturated heterocycles. The van der Waals surface area contributed by atoms with Crippen LogP contribution >= 0.6 is 0 Å². The molecule has 1 aliphatic heterocycles. The highest BCUT2D eigenvalue weighted by Gasteiger charge is 2.24. The molecule has 0 fully saturated rings. The first kappa shape index (κ1) is 17.7. The van der Waals surface area contributed by atoms with Gasteiger partial charge in [-0.15, -0.1) is 0 Å². The number of nitrogens with one attached hydrogen (secondary N) is 1. The molecule has 4 rings (SSSR count). The minimum atomic E-state index is -0.179. The molecule has 0 saturated carbocycles. The lowest BCUT2D eigenvalue weighted by molar-refractivity contribution is 0.189. The quantitative estimate of drug-likeness (QED) is 0.735. The first-order valence-corrected chi connectivity index (χ1v) is 8.85. The highest BCUT2D eigenvalue weighted by molar-refractivity contribution is 5.80. The van der Waals surface area contributed by atoms with Gasteiger partial charge in [0.25, 0.3) is 0 Å². The largest absolute Gasteiger partial charge is 0.497 e. The molecule has 0 spiro atoms. The molecule has 0 atom stereocenters. The molecule has 8 heteroatoms. The van der Waals surface area contributed by atoms with Crippen LogP contribution in [0.2, 0.25) is 0 Å². The fourth-order valence-electron chi connectivity index (χ4n) is 3.14. The summed E-state index contributed by atoms with van der Waals surface area (Å²) in [5.74, 6) is 1.27. The monoisotopic (exact) mass is 377 g/mol. The zero-order chi connectivity index (χ0) is 19.5. The Balaban J connectivity index is 1.57. The predicted molar refractivity (Wildman–Crippen MR) is 104 cm³/mol. The minimum absolute atomic E-state index is 0.164. The minimum Gasteiger partial charge on any atom is -0.497 e. The number of carbonyl (C=O) groups excluding carboxylic acids is 1. The molecule has 2 aromatic heterocycles. The van der Waals surface area contributed by atoms with Gasteiger partial charge in [-0.25, -0.2) is 14.8 Å². The van der Waals surface area contributed by atoms with Crippen LogP contribution < -0.4 is 15.5 Å². The zero-order valence-electron chi connectivity index (χ0n) is 15.3. The molecule has 142 valence electrons. The Bertz CT molecular complexity index is 1050. The predicted octanol–water partition coefficient (Wildman–Crippen LogP) is 2.42. The van der Waals surface area contributed by atoms with Crippen LogP contribution in [0.5, 0.6) is 5.75 Å². The molecule has 1 aromatic carbocycles. The summed E-state index contributed by atoms with van der Waals surface area (Å²) in [6, 6.07) is 10.6. The number of rotatable bonds is 5. The van der Waals surface area contributed by atoms with Gasteiger partial charge in [0.1, 0.15) is 23.6 Å². The molecule has 0 aliphatic carbocycles. The van der Waals surface area contributed by atoms with Gasteiger partial charge < -0.3 is 15.0 Å². The highest BCUT2D eigenvalue weighted by atomic mass is 16.5. The number of aromatic nitrogens is 3. The van der Waals surface area contributed by atoms with E-state index in [9.17, 15) is 9.59 Å². The molecule has 1 amide bonds. The molecule has 28 heavy (non-hydrogen) atoms. The molecule has 1 aliphatic rings. The number of fused-ring (bicyclic) bond motifs is 1. The second kappa shape index (κ2) is 7.51. The highest BCUT2D eigenvalue weighted by Crippen LogP contribution is 2.19. The van der Waals surface area contributed by atoms with Crippen LogP contribution in [-0.2, 0) is 13.0 Å². The topological polar surface area (TPSA) is 89.3 Å². The second-order valence-electron chi connectivity index (χ2n) is 6.43. The Hall–Kier alpha value is -3.68. The van der Waals surface area contributed by atoms with Crippen molar-refractivity contribution >= 4 is 17.5 Å². The number of pyridine rings is 1. The van der Waals surface area contributed by atoms with Crippen LogP contribution in [0.15, 0.2) is 59.9 Å². The summed E-state index contributed by atoms with van der Waals surface area (Å²) < 4.78 is 6.70. The lowest BCUT2D eigenvalue weighted by Crippen LogP contribution is -2.42. The number of amides is 1. The van der Waals surface area contributed by atoms with Gasteiger partial charge in [0.15, 0.2) is 0 Å². The normalized spacial score (nSPS) is 13.2. The lowest BCUT2D eigenvalue weighted by Gasteiger charge is -2.30. The van der Waals surface area contributed by atoms with Crippen LogP contribution in [0, 0.1) is 0 Å². The number of carbonyl (C=O) groups is 1. The van der Waals surface area contributed by atoms with Gasteiger partial charge in [-0.1, -0.05) is 12.1 Å². The van der Waals surface area contributed by atoms with Crippen molar-refractivity contribution in [3.8, 4) is 5.75 Å². The second-order valence-corrected chi connectivity index (χ2v) is 6.43. The van der Waals surface area contributed by atoms with E-state index in [0.29, 0.717) is 36.7 Å². The van der Waals surface area contributed by atoms with E-state index in [2.05, 4.69) is 15.3 Å². The summed E-state index contributed by atoms with van der Waals surface area (Å²) in [5, 5.41) is 2.95. The smallest absolute Gasteiger partial charge is 0.328 e. The van der Waals surface area contributed by atoms with Crippen molar-refractivity contribution in [1.29, 1.82) is 0 Å². The van der Waals surface area contributed by atoms with Crippen molar-refractivity contribution in [3.05, 3.63) is 76.6 Å². The van der Waals surface area contributed by atoms with Crippen molar-refractivity contribution < 1.29 is 9.53 Å².